The van der Waals surface area contributed by atoms with E-state index in [2.05, 4.69) is 15.6 Å². The number of hydrogen-bond acceptors (Lipinski definition) is 4. The summed E-state index contributed by atoms with van der Waals surface area (Å²) in [7, 11) is 1.52. The second-order valence-electron chi connectivity index (χ2n) is 5.87. The van der Waals surface area contributed by atoms with Crippen LogP contribution >= 0.6 is 0 Å². The molecule has 0 saturated heterocycles. The number of carbonyl (C=O) groups is 1. The number of anilines is 3. The molecule has 0 unspecified atom stereocenters. The van der Waals surface area contributed by atoms with E-state index in [0.29, 0.717) is 17.1 Å². The zero-order valence-corrected chi connectivity index (χ0v) is 14.7. The van der Waals surface area contributed by atoms with Crippen LogP contribution in [0.2, 0.25) is 0 Å². The number of aryl methyl sites for hydroxylation is 1. The molecule has 1 amide bonds. The van der Waals surface area contributed by atoms with E-state index in [0.717, 1.165) is 17.7 Å². The van der Waals surface area contributed by atoms with Gasteiger partial charge >= 0.3 is 0 Å². The van der Waals surface area contributed by atoms with Gasteiger partial charge in [-0.25, -0.2) is 8.78 Å². The molecular formula is C20H17F2N3O2. The molecule has 0 atom stereocenters. The lowest BCUT2D eigenvalue weighted by atomic mass is 10.2. The number of ether oxygens (including phenoxy) is 1. The fourth-order valence-corrected chi connectivity index (χ4v) is 2.49. The number of nitrogens with zero attached hydrogens (tertiary/aromatic N) is 1. The van der Waals surface area contributed by atoms with Gasteiger partial charge in [0.2, 0.25) is 0 Å². The zero-order valence-electron chi connectivity index (χ0n) is 14.7. The van der Waals surface area contributed by atoms with Crippen molar-refractivity contribution in [1.29, 1.82) is 0 Å². The van der Waals surface area contributed by atoms with Gasteiger partial charge in [-0.05, 0) is 42.8 Å². The molecule has 0 saturated carbocycles. The van der Waals surface area contributed by atoms with Gasteiger partial charge in [0.05, 0.1) is 35.9 Å². The summed E-state index contributed by atoms with van der Waals surface area (Å²) in [6.45, 7) is 1.90. The average molecular weight is 369 g/mol. The highest BCUT2D eigenvalue weighted by Crippen LogP contribution is 2.26. The van der Waals surface area contributed by atoms with Crippen LogP contribution in [0, 0.1) is 18.6 Å². The van der Waals surface area contributed by atoms with Gasteiger partial charge in [0.15, 0.2) is 0 Å². The summed E-state index contributed by atoms with van der Waals surface area (Å²) in [5.74, 6) is -1.27. The van der Waals surface area contributed by atoms with Gasteiger partial charge < -0.3 is 15.4 Å². The molecular weight excluding hydrogens is 352 g/mol. The third-order valence-corrected chi connectivity index (χ3v) is 3.81. The Bertz CT molecular complexity index is 993. The van der Waals surface area contributed by atoms with Crippen LogP contribution in [0.3, 0.4) is 0 Å². The van der Waals surface area contributed by atoms with E-state index in [1.165, 1.54) is 31.6 Å². The van der Waals surface area contributed by atoms with Gasteiger partial charge in [0.1, 0.15) is 17.4 Å². The van der Waals surface area contributed by atoms with Crippen LogP contribution in [-0.2, 0) is 0 Å². The molecule has 3 aromatic rings. The molecule has 1 aromatic heterocycles. The van der Waals surface area contributed by atoms with Crippen molar-refractivity contribution >= 4 is 23.0 Å². The van der Waals surface area contributed by atoms with Crippen LogP contribution in [0.5, 0.6) is 5.75 Å². The molecule has 0 radical (unpaired) electrons. The molecule has 0 aliphatic rings. The molecule has 0 bridgehead atoms. The molecule has 2 aromatic carbocycles. The van der Waals surface area contributed by atoms with E-state index >= 15 is 0 Å². The van der Waals surface area contributed by atoms with E-state index < -0.39 is 17.5 Å². The minimum absolute atomic E-state index is 0.0797. The quantitative estimate of drug-likeness (QED) is 0.686. The van der Waals surface area contributed by atoms with E-state index in [1.54, 1.807) is 12.1 Å². The van der Waals surface area contributed by atoms with E-state index in [-0.39, 0.29) is 11.3 Å². The SMILES string of the molecule is COc1ccc(C)cc1NC(=O)c1cncc(Nc2ccc(F)cc2F)c1. The maximum Gasteiger partial charge on any atom is 0.257 e. The number of methoxy groups -OCH3 is 1. The first kappa shape index (κ1) is 18.3. The average Bonchev–Trinajstić information content (AvgIpc) is 2.64. The number of halogens is 2. The summed E-state index contributed by atoms with van der Waals surface area (Å²) in [6.07, 6.45) is 2.83. The summed E-state index contributed by atoms with van der Waals surface area (Å²) in [5, 5.41) is 5.55. The van der Waals surface area contributed by atoms with Crippen molar-refractivity contribution in [2.75, 3.05) is 17.7 Å². The standard InChI is InChI=1S/C20H17F2N3O2/c1-12-3-6-19(27-2)18(7-12)25-20(26)13-8-15(11-23-10-13)24-17-5-4-14(21)9-16(17)22/h3-11,24H,1-2H3,(H,25,26). The Morgan fingerprint density at radius 2 is 1.85 bits per heavy atom. The zero-order chi connectivity index (χ0) is 19.4. The third kappa shape index (κ3) is 4.38. The number of rotatable bonds is 5. The van der Waals surface area contributed by atoms with Crippen LogP contribution in [0.4, 0.5) is 25.8 Å². The molecule has 138 valence electrons. The van der Waals surface area contributed by atoms with Gasteiger partial charge in [-0.3, -0.25) is 9.78 Å². The van der Waals surface area contributed by atoms with Crippen molar-refractivity contribution in [2.45, 2.75) is 6.92 Å². The monoisotopic (exact) mass is 369 g/mol. The highest BCUT2D eigenvalue weighted by Gasteiger charge is 2.12. The number of pyridine rings is 1. The molecule has 2 N–H and O–H groups in total. The number of carbonyl (C=O) groups excluding carboxylic acids is 1. The van der Waals surface area contributed by atoms with Crippen molar-refractivity contribution in [3.8, 4) is 5.75 Å². The fourth-order valence-electron chi connectivity index (χ4n) is 2.49. The highest BCUT2D eigenvalue weighted by molar-refractivity contribution is 6.05. The van der Waals surface area contributed by atoms with Gasteiger partial charge in [-0.1, -0.05) is 6.07 Å². The second kappa shape index (κ2) is 7.82. The maximum absolute atomic E-state index is 13.8. The van der Waals surface area contributed by atoms with E-state index in [4.69, 9.17) is 4.74 Å². The molecule has 0 fully saturated rings. The summed E-state index contributed by atoms with van der Waals surface area (Å²) >= 11 is 0. The van der Waals surface area contributed by atoms with Gasteiger partial charge in [-0.15, -0.1) is 0 Å². The predicted molar refractivity (Wildman–Crippen MR) is 99.6 cm³/mol. The lowest BCUT2D eigenvalue weighted by Gasteiger charge is -2.12. The predicted octanol–water partition coefficient (Wildman–Crippen LogP) is 4.67. The molecule has 27 heavy (non-hydrogen) atoms. The van der Waals surface area contributed by atoms with Crippen LogP contribution in [0.1, 0.15) is 15.9 Å². The number of nitrogens with one attached hydrogen (secondary N) is 2. The number of aromatic nitrogens is 1. The number of hydrogen-bond donors (Lipinski definition) is 2. The fraction of sp³-hybridized carbons (Fsp3) is 0.100. The summed E-state index contributed by atoms with van der Waals surface area (Å²) in [4.78, 5) is 16.6. The first-order valence-electron chi connectivity index (χ1n) is 8.09. The van der Waals surface area contributed by atoms with Crippen LogP contribution in [0.25, 0.3) is 0 Å². The van der Waals surface area contributed by atoms with Crippen molar-refractivity contribution in [3.05, 3.63) is 77.6 Å². The number of amides is 1. The Morgan fingerprint density at radius 1 is 1.04 bits per heavy atom. The smallest absolute Gasteiger partial charge is 0.257 e. The lowest BCUT2D eigenvalue weighted by Crippen LogP contribution is -2.13. The lowest BCUT2D eigenvalue weighted by molar-refractivity contribution is 0.102. The molecule has 3 rings (SSSR count). The molecule has 0 aliphatic heterocycles. The van der Waals surface area contributed by atoms with Gasteiger partial charge in [0, 0.05) is 12.3 Å². The van der Waals surface area contributed by atoms with Crippen molar-refractivity contribution in [2.24, 2.45) is 0 Å². The molecule has 7 heteroatoms. The molecule has 5 nitrogen and oxygen atoms in total. The Labute approximate surface area is 155 Å². The minimum Gasteiger partial charge on any atom is -0.495 e. The Balaban J connectivity index is 1.81. The first-order valence-corrected chi connectivity index (χ1v) is 8.09. The van der Waals surface area contributed by atoms with Crippen LogP contribution < -0.4 is 15.4 Å². The summed E-state index contributed by atoms with van der Waals surface area (Å²) in [6, 6.07) is 10.1. The Morgan fingerprint density at radius 3 is 2.59 bits per heavy atom. The van der Waals surface area contributed by atoms with Crippen molar-refractivity contribution in [3.63, 3.8) is 0 Å². The first-order chi connectivity index (χ1) is 13.0. The largest absolute Gasteiger partial charge is 0.495 e. The number of benzene rings is 2. The van der Waals surface area contributed by atoms with Crippen molar-refractivity contribution in [1.82, 2.24) is 4.98 Å². The van der Waals surface area contributed by atoms with E-state index in [1.807, 2.05) is 13.0 Å². The van der Waals surface area contributed by atoms with Crippen LogP contribution in [0.15, 0.2) is 54.9 Å². The molecule has 0 aliphatic carbocycles. The van der Waals surface area contributed by atoms with E-state index in [9.17, 15) is 13.6 Å². The molecule has 0 spiro atoms. The highest BCUT2D eigenvalue weighted by atomic mass is 19.1. The Hall–Kier alpha value is -3.48. The normalized spacial score (nSPS) is 10.4. The van der Waals surface area contributed by atoms with Crippen molar-refractivity contribution < 1.29 is 18.3 Å². The summed E-state index contributed by atoms with van der Waals surface area (Å²) < 4.78 is 32.0. The van der Waals surface area contributed by atoms with Gasteiger partial charge in [0.25, 0.3) is 5.91 Å². The minimum atomic E-state index is -0.741. The maximum atomic E-state index is 13.8. The Kier molecular flexibility index (Phi) is 5.30. The van der Waals surface area contributed by atoms with Crippen LogP contribution in [-0.4, -0.2) is 18.0 Å². The second-order valence-corrected chi connectivity index (χ2v) is 5.87. The summed E-state index contributed by atoms with van der Waals surface area (Å²) in [5.41, 5.74) is 2.24. The molecule has 1 heterocycles. The van der Waals surface area contributed by atoms with Gasteiger partial charge in [-0.2, -0.15) is 0 Å². The third-order valence-electron chi connectivity index (χ3n) is 3.81. The topological polar surface area (TPSA) is 63.2 Å².